The topological polar surface area (TPSA) is 62.5 Å². The number of esters is 1. The summed E-state index contributed by atoms with van der Waals surface area (Å²) in [6, 6.07) is 12.7. The third-order valence-corrected chi connectivity index (χ3v) is 4.65. The zero-order valence-corrected chi connectivity index (χ0v) is 16.0. The Hall–Kier alpha value is -2.73. The molecule has 27 heavy (non-hydrogen) atoms. The van der Waals surface area contributed by atoms with Gasteiger partial charge in [0, 0.05) is 23.7 Å². The van der Waals surface area contributed by atoms with E-state index in [1.165, 1.54) is 0 Å². The van der Waals surface area contributed by atoms with E-state index in [4.69, 9.17) is 21.1 Å². The molecule has 0 fully saturated rings. The third kappa shape index (κ3) is 4.01. The van der Waals surface area contributed by atoms with Gasteiger partial charge in [0.05, 0.1) is 24.6 Å². The van der Waals surface area contributed by atoms with Gasteiger partial charge in [0.1, 0.15) is 12.4 Å². The number of carbonyl (C=O) groups excluding carboxylic acids is 1. The first-order chi connectivity index (χ1) is 13.0. The molecular weight excluding hydrogens is 368 g/mol. The van der Waals surface area contributed by atoms with E-state index in [1.807, 2.05) is 31.2 Å². The Morgan fingerprint density at radius 2 is 1.81 bits per heavy atom. The standard InChI is InChI=1S/C20H21ClN2O4/c1-3-22-16-6-4-5-7-17(16)23(20(22)25)11-10-19(24)27-13-14-12-15(21)8-9-18(14)26-2/h4-9,12H,3,10-11,13H2,1-2H3. The summed E-state index contributed by atoms with van der Waals surface area (Å²) in [4.78, 5) is 24.8. The molecule has 6 nitrogen and oxygen atoms in total. The van der Waals surface area contributed by atoms with Crippen LogP contribution < -0.4 is 10.4 Å². The Morgan fingerprint density at radius 3 is 2.48 bits per heavy atom. The van der Waals surface area contributed by atoms with Gasteiger partial charge in [-0.15, -0.1) is 0 Å². The minimum atomic E-state index is -0.391. The first-order valence-electron chi connectivity index (χ1n) is 8.71. The number of aryl methyl sites for hydroxylation is 2. The average Bonchev–Trinajstić information content (AvgIpc) is 2.95. The van der Waals surface area contributed by atoms with Crippen LogP contribution in [-0.4, -0.2) is 22.2 Å². The molecule has 1 aromatic heterocycles. The fourth-order valence-electron chi connectivity index (χ4n) is 3.09. The number of benzene rings is 2. The van der Waals surface area contributed by atoms with Crippen molar-refractivity contribution in [3.05, 3.63) is 63.5 Å². The lowest BCUT2D eigenvalue weighted by Gasteiger charge is -2.10. The van der Waals surface area contributed by atoms with Crippen LogP contribution in [0.15, 0.2) is 47.3 Å². The van der Waals surface area contributed by atoms with Crippen molar-refractivity contribution in [1.82, 2.24) is 9.13 Å². The summed E-state index contributed by atoms with van der Waals surface area (Å²) in [6.07, 6.45) is 0.0977. The van der Waals surface area contributed by atoms with E-state index < -0.39 is 5.97 Å². The first-order valence-corrected chi connectivity index (χ1v) is 9.09. The summed E-state index contributed by atoms with van der Waals surface area (Å²) >= 11 is 5.98. The Morgan fingerprint density at radius 1 is 1.11 bits per heavy atom. The quantitative estimate of drug-likeness (QED) is 0.580. The van der Waals surface area contributed by atoms with Crippen LogP contribution in [0, 0.1) is 0 Å². The van der Waals surface area contributed by atoms with Gasteiger partial charge in [0.2, 0.25) is 0 Å². The van der Waals surface area contributed by atoms with Gasteiger partial charge in [-0.3, -0.25) is 13.9 Å². The van der Waals surface area contributed by atoms with Crippen molar-refractivity contribution in [3.8, 4) is 5.75 Å². The number of rotatable bonds is 7. The molecule has 142 valence electrons. The maximum Gasteiger partial charge on any atom is 0.329 e. The van der Waals surface area contributed by atoms with Crippen LogP contribution in [0.5, 0.6) is 5.75 Å². The zero-order chi connectivity index (χ0) is 19.4. The highest BCUT2D eigenvalue weighted by molar-refractivity contribution is 6.30. The van der Waals surface area contributed by atoms with Gasteiger partial charge < -0.3 is 9.47 Å². The Balaban J connectivity index is 1.69. The van der Waals surface area contributed by atoms with Crippen LogP contribution >= 0.6 is 11.6 Å². The van der Waals surface area contributed by atoms with Gasteiger partial charge in [-0.25, -0.2) is 4.79 Å². The van der Waals surface area contributed by atoms with Crippen molar-refractivity contribution >= 4 is 28.6 Å². The van der Waals surface area contributed by atoms with Crippen molar-refractivity contribution in [2.24, 2.45) is 0 Å². The highest BCUT2D eigenvalue weighted by Gasteiger charge is 2.14. The number of carbonyl (C=O) groups is 1. The molecule has 0 atom stereocenters. The Labute approximate surface area is 161 Å². The number of imidazole rings is 1. The van der Waals surface area contributed by atoms with Crippen LogP contribution in [0.4, 0.5) is 0 Å². The second kappa shape index (κ2) is 8.31. The van der Waals surface area contributed by atoms with E-state index in [1.54, 1.807) is 34.4 Å². The van der Waals surface area contributed by atoms with Gasteiger partial charge in [0.25, 0.3) is 0 Å². The molecular formula is C20H21ClN2O4. The molecule has 0 saturated carbocycles. The van der Waals surface area contributed by atoms with Gasteiger partial charge in [0.15, 0.2) is 0 Å². The SMILES string of the molecule is CCn1c(=O)n(CCC(=O)OCc2cc(Cl)ccc2OC)c2ccccc21. The molecule has 0 amide bonds. The lowest BCUT2D eigenvalue weighted by atomic mass is 10.2. The van der Waals surface area contributed by atoms with E-state index in [0.29, 0.717) is 22.9 Å². The summed E-state index contributed by atoms with van der Waals surface area (Å²) in [7, 11) is 1.55. The molecule has 0 N–H and O–H groups in total. The van der Waals surface area contributed by atoms with Crippen molar-refractivity contribution in [2.45, 2.75) is 33.0 Å². The fourth-order valence-corrected chi connectivity index (χ4v) is 3.28. The minimum absolute atomic E-state index is 0.0637. The number of halogens is 1. The van der Waals surface area contributed by atoms with E-state index in [2.05, 4.69) is 0 Å². The molecule has 0 saturated heterocycles. The van der Waals surface area contributed by atoms with E-state index in [0.717, 1.165) is 11.0 Å². The van der Waals surface area contributed by atoms with Crippen LogP contribution in [0.25, 0.3) is 11.0 Å². The van der Waals surface area contributed by atoms with E-state index >= 15 is 0 Å². The van der Waals surface area contributed by atoms with E-state index in [9.17, 15) is 9.59 Å². The summed E-state index contributed by atoms with van der Waals surface area (Å²) < 4.78 is 13.9. The Kier molecular flexibility index (Phi) is 5.86. The van der Waals surface area contributed by atoms with Crippen molar-refractivity contribution in [3.63, 3.8) is 0 Å². The molecule has 7 heteroatoms. The van der Waals surface area contributed by atoms with Crippen LogP contribution in [0.2, 0.25) is 5.02 Å². The fraction of sp³-hybridized carbons (Fsp3) is 0.300. The number of ether oxygens (including phenoxy) is 2. The summed E-state index contributed by atoms with van der Waals surface area (Å²) in [5.41, 5.74) is 2.25. The summed E-state index contributed by atoms with van der Waals surface area (Å²) in [6.45, 7) is 2.82. The normalized spacial score (nSPS) is 10.9. The molecule has 0 aliphatic rings. The molecule has 0 spiro atoms. The maximum absolute atomic E-state index is 12.6. The predicted molar refractivity (Wildman–Crippen MR) is 104 cm³/mol. The minimum Gasteiger partial charge on any atom is -0.496 e. The van der Waals surface area contributed by atoms with Gasteiger partial charge in [-0.2, -0.15) is 0 Å². The number of hydrogen-bond donors (Lipinski definition) is 0. The molecule has 1 heterocycles. The van der Waals surface area contributed by atoms with Crippen LogP contribution in [0.1, 0.15) is 18.9 Å². The van der Waals surface area contributed by atoms with Crippen LogP contribution in [0.3, 0.4) is 0 Å². The highest BCUT2D eigenvalue weighted by atomic mass is 35.5. The second-order valence-corrected chi connectivity index (χ2v) is 6.47. The van der Waals surface area contributed by atoms with Crippen molar-refractivity contribution < 1.29 is 14.3 Å². The molecule has 0 bridgehead atoms. The number of methoxy groups -OCH3 is 1. The molecule has 0 unspecified atom stereocenters. The predicted octanol–water partition coefficient (Wildman–Crippen LogP) is 3.62. The number of hydrogen-bond acceptors (Lipinski definition) is 4. The third-order valence-electron chi connectivity index (χ3n) is 4.41. The molecule has 2 aromatic carbocycles. The lowest BCUT2D eigenvalue weighted by molar-refractivity contribution is -0.145. The Bertz CT molecular complexity index is 1020. The average molecular weight is 389 g/mol. The molecule has 3 rings (SSSR count). The highest BCUT2D eigenvalue weighted by Crippen LogP contribution is 2.23. The smallest absolute Gasteiger partial charge is 0.329 e. The lowest BCUT2D eigenvalue weighted by Crippen LogP contribution is -2.25. The summed E-state index contributed by atoms with van der Waals surface area (Å²) in [5.74, 6) is 0.215. The number of fused-ring (bicyclic) bond motifs is 1. The number of para-hydroxylation sites is 2. The van der Waals surface area contributed by atoms with Gasteiger partial charge in [-0.05, 0) is 37.3 Å². The molecule has 3 aromatic rings. The zero-order valence-electron chi connectivity index (χ0n) is 15.3. The number of nitrogens with zero attached hydrogens (tertiary/aromatic N) is 2. The molecule has 0 radical (unpaired) electrons. The summed E-state index contributed by atoms with van der Waals surface area (Å²) in [5, 5.41) is 0.542. The number of aromatic nitrogens is 2. The largest absolute Gasteiger partial charge is 0.496 e. The molecule has 0 aliphatic heterocycles. The molecule has 0 aliphatic carbocycles. The van der Waals surface area contributed by atoms with Crippen molar-refractivity contribution in [1.29, 1.82) is 0 Å². The van der Waals surface area contributed by atoms with Gasteiger partial charge in [-0.1, -0.05) is 23.7 Å². The van der Waals surface area contributed by atoms with E-state index in [-0.39, 0.29) is 25.3 Å². The van der Waals surface area contributed by atoms with Gasteiger partial charge >= 0.3 is 11.7 Å². The van der Waals surface area contributed by atoms with Crippen LogP contribution in [-0.2, 0) is 29.2 Å². The monoisotopic (exact) mass is 388 g/mol. The maximum atomic E-state index is 12.6. The van der Waals surface area contributed by atoms with Crippen molar-refractivity contribution in [2.75, 3.05) is 7.11 Å². The second-order valence-electron chi connectivity index (χ2n) is 6.03. The first kappa shape index (κ1) is 19.0.